The second-order valence-electron chi connectivity index (χ2n) is 3.06. The van der Waals surface area contributed by atoms with Crippen LogP contribution in [0.5, 0.6) is 11.6 Å². The molecule has 1 heterocycles. The Bertz CT molecular complexity index is 334. The molecule has 0 saturated heterocycles. The highest BCUT2D eigenvalue weighted by atomic mass is 16.3. The van der Waals surface area contributed by atoms with Gasteiger partial charge >= 0.3 is 0 Å². The van der Waals surface area contributed by atoms with Crippen LogP contribution in [0.1, 0.15) is 24.3 Å². The Morgan fingerprint density at radius 3 is 2.46 bits per heavy atom. The van der Waals surface area contributed by atoms with E-state index in [1.165, 1.54) is 12.1 Å². The van der Waals surface area contributed by atoms with Gasteiger partial charge in [0.05, 0.1) is 0 Å². The molecule has 13 heavy (non-hydrogen) atoms. The van der Waals surface area contributed by atoms with Gasteiger partial charge in [-0.3, -0.25) is 4.79 Å². The SMILES string of the molecule is CC(C)C(=O)c1ccc(O)c(O)n1. The number of pyridine rings is 1. The van der Waals surface area contributed by atoms with Gasteiger partial charge in [0.2, 0.25) is 0 Å². The van der Waals surface area contributed by atoms with E-state index in [1.54, 1.807) is 13.8 Å². The van der Waals surface area contributed by atoms with Gasteiger partial charge in [-0.15, -0.1) is 0 Å². The number of rotatable bonds is 2. The molecule has 0 bridgehead atoms. The Hall–Kier alpha value is -1.58. The number of Topliss-reactive ketones (excluding diaryl/α,β-unsaturated/α-hetero) is 1. The van der Waals surface area contributed by atoms with E-state index in [1.807, 2.05) is 0 Å². The Kier molecular flexibility index (Phi) is 2.51. The molecule has 0 saturated carbocycles. The van der Waals surface area contributed by atoms with Crippen molar-refractivity contribution < 1.29 is 15.0 Å². The Labute approximate surface area is 75.9 Å². The molecule has 0 aliphatic heterocycles. The first-order chi connectivity index (χ1) is 6.02. The average Bonchev–Trinajstić information content (AvgIpc) is 2.08. The predicted octanol–water partition coefficient (Wildman–Crippen LogP) is 1.33. The van der Waals surface area contributed by atoms with Crippen LogP contribution < -0.4 is 0 Å². The van der Waals surface area contributed by atoms with Crippen molar-refractivity contribution in [3.8, 4) is 11.6 Å². The standard InChI is InChI=1S/C9H11NO3/c1-5(2)8(12)6-3-4-7(11)9(13)10-6/h3-5,11H,1-2H3,(H,10,13). The van der Waals surface area contributed by atoms with Crippen LogP contribution >= 0.6 is 0 Å². The van der Waals surface area contributed by atoms with Gasteiger partial charge in [0.25, 0.3) is 5.88 Å². The van der Waals surface area contributed by atoms with E-state index < -0.39 is 5.88 Å². The van der Waals surface area contributed by atoms with Crippen LogP contribution in [-0.4, -0.2) is 21.0 Å². The molecule has 0 fully saturated rings. The number of ketones is 1. The summed E-state index contributed by atoms with van der Waals surface area (Å²) < 4.78 is 0. The first-order valence-electron chi connectivity index (χ1n) is 3.95. The van der Waals surface area contributed by atoms with Gasteiger partial charge in [-0.2, -0.15) is 0 Å². The molecule has 4 heteroatoms. The third kappa shape index (κ3) is 1.96. The lowest BCUT2D eigenvalue weighted by Crippen LogP contribution is -2.09. The summed E-state index contributed by atoms with van der Waals surface area (Å²) in [7, 11) is 0. The van der Waals surface area contributed by atoms with Gasteiger partial charge in [0.15, 0.2) is 11.5 Å². The highest BCUT2D eigenvalue weighted by Crippen LogP contribution is 2.21. The molecule has 70 valence electrons. The largest absolute Gasteiger partial charge is 0.503 e. The van der Waals surface area contributed by atoms with Crippen molar-refractivity contribution in [2.24, 2.45) is 5.92 Å². The van der Waals surface area contributed by atoms with E-state index in [0.29, 0.717) is 0 Å². The van der Waals surface area contributed by atoms with Crippen molar-refractivity contribution in [1.29, 1.82) is 0 Å². The van der Waals surface area contributed by atoms with Crippen molar-refractivity contribution in [2.45, 2.75) is 13.8 Å². The third-order valence-electron chi connectivity index (χ3n) is 1.63. The molecule has 1 aromatic rings. The molecule has 1 rings (SSSR count). The fourth-order valence-electron chi connectivity index (χ4n) is 0.874. The second kappa shape index (κ2) is 3.43. The molecule has 0 unspecified atom stereocenters. The van der Waals surface area contributed by atoms with Crippen molar-refractivity contribution >= 4 is 5.78 Å². The average molecular weight is 181 g/mol. The van der Waals surface area contributed by atoms with Crippen LogP contribution in [0.25, 0.3) is 0 Å². The number of hydrogen-bond acceptors (Lipinski definition) is 4. The van der Waals surface area contributed by atoms with Gasteiger partial charge < -0.3 is 10.2 Å². The predicted molar refractivity (Wildman–Crippen MR) is 46.7 cm³/mol. The fraction of sp³-hybridized carbons (Fsp3) is 0.333. The van der Waals surface area contributed by atoms with Gasteiger partial charge in [-0.1, -0.05) is 13.8 Å². The van der Waals surface area contributed by atoms with Crippen molar-refractivity contribution in [1.82, 2.24) is 4.98 Å². The molecule has 2 N–H and O–H groups in total. The number of carbonyl (C=O) groups excluding carboxylic acids is 1. The highest BCUT2D eigenvalue weighted by Gasteiger charge is 2.13. The van der Waals surface area contributed by atoms with Crippen molar-refractivity contribution in [3.05, 3.63) is 17.8 Å². The molecule has 0 aliphatic rings. The molecule has 0 aromatic carbocycles. The lowest BCUT2D eigenvalue weighted by molar-refractivity contribution is 0.0933. The number of aromatic nitrogens is 1. The molecular weight excluding hydrogens is 170 g/mol. The second-order valence-corrected chi connectivity index (χ2v) is 3.06. The maximum atomic E-state index is 11.4. The van der Waals surface area contributed by atoms with E-state index in [9.17, 15) is 4.79 Å². The topological polar surface area (TPSA) is 70.4 Å². The summed E-state index contributed by atoms with van der Waals surface area (Å²) in [6.45, 7) is 3.49. The molecule has 0 atom stereocenters. The van der Waals surface area contributed by atoms with Gasteiger partial charge in [0.1, 0.15) is 5.69 Å². The van der Waals surface area contributed by atoms with Gasteiger partial charge in [-0.25, -0.2) is 4.98 Å². The zero-order valence-corrected chi connectivity index (χ0v) is 7.48. The van der Waals surface area contributed by atoms with E-state index in [-0.39, 0.29) is 23.1 Å². The Balaban J connectivity index is 3.04. The van der Waals surface area contributed by atoms with E-state index in [4.69, 9.17) is 10.2 Å². The maximum absolute atomic E-state index is 11.4. The quantitative estimate of drug-likeness (QED) is 0.675. The number of carbonyl (C=O) groups is 1. The fourth-order valence-corrected chi connectivity index (χ4v) is 0.874. The zero-order chi connectivity index (χ0) is 10.0. The summed E-state index contributed by atoms with van der Waals surface area (Å²) in [4.78, 5) is 14.9. The van der Waals surface area contributed by atoms with E-state index in [2.05, 4.69) is 4.98 Å². The Morgan fingerprint density at radius 1 is 1.38 bits per heavy atom. The first-order valence-corrected chi connectivity index (χ1v) is 3.95. The summed E-state index contributed by atoms with van der Waals surface area (Å²) in [5, 5.41) is 18.0. The smallest absolute Gasteiger partial charge is 0.254 e. The Morgan fingerprint density at radius 2 is 2.00 bits per heavy atom. The summed E-state index contributed by atoms with van der Waals surface area (Å²) >= 11 is 0. The highest BCUT2D eigenvalue weighted by molar-refractivity contribution is 5.95. The minimum Gasteiger partial charge on any atom is -0.503 e. The van der Waals surface area contributed by atoms with Crippen LogP contribution in [0.15, 0.2) is 12.1 Å². The van der Waals surface area contributed by atoms with Crippen molar-refractivity contribution in [3.63, 3.8) is 0 Å². The number of nitrogens with zero attached hydrogens (tertiary/aromatic N) is 1. The number of aromatic hydroxyl groups is 2. The monoisotopic (exact) mass is 181 g/mol. The van der Waals surface area contributed by atoms with Gasteiger partial charge in [0, 0.05) is 5.92 Å². The molecule has 4 nitrogen and oxygen atoms in total. The van der Waals surface area contributed by atoms with Crippen molar-refractivity contribution in [2.75, 3.05) is 0 Å². The molecule has 0 amide bonds. The summed E-state index contributed by atoms with van der Waals surface area (Å²) in [6, 6.07) is 2.63. The van der Waals surface area contributed by atoms with E-state index in [0.717, 1.165) is 0 Å². The lowest BCUT2D eigenvalue weighted by atomic mass is 10.1. The molecule has 1 aromatic heterocycles. The minimum atomic E-state index is -0.508. The number of hydrogen-bond donors (Lipinski definition) is 2. The molecular formula is C9H11NO3. The van der Waals surface area contributed by atoms with Gasteiger partial charge in [-0.05, 0) is 12.1 Å². The molecule has 0 aliphatic carbocycles. The van der Waals surface area contributed by atoms with Crippen LogP contribution in [-0.2, 0) is 0 Å². The third-order valence-corrected chi connectivity index (χ3v) is 1.63. The minimum absolute atomic E-state index is 0.157. The first kappa shape index (κ1) is 9.51. The van der Waals surface area contributed by atoms with Crippen LogP contribution in [0.2, 0.25) is 0 Å². The van der Waals surface area contributed by atoms with Crippen LogP contribution in [0, 0.1) is 5.92 Å². The van der Waals surface area contributed by atoms with Crippen LogP contribution in [0.3, 0.4) is 0 Å². The van der Waals surface area contributed by atoms with Crippen LogP contribution in [0.4, 0.5) is 0 Å². The summed E-state index contributed by atoms with van der Waals surface area (Å²) in [5.74, 6) is -1.15. The van der Waals surface area contributed by atoms with E-state index >= 15 is 0 Å². The maximum Gasteiger partial charge on any atom is 0.254 e. The zero-order valence-electron chi connectivity index (χ0n) is 7.48. The lowest BCUT2D eigenvalue weighted by Gasteiger charge is -2.03. The normalized spacial score (nSPS) is 10.4. The molecule has 0 spiro atoms. The summed E-state index contributed by atoms with van der Waals surface area (Å²) in [5.41, 5.74) is 0.172. The summed E-state index contributed by atoms with van der Waals surface area (Å²) in [6.07, 6.45) is 0. The molecule has 0 radical (unpaired) electrons.